The fraction of sp³-hybridized carbons (Fsp3) is 0.833. The summed E-state index contributed by atoms with van der Waals surface area (Å²) in [5.74, 6) is -0.0597. The molecule has 0 radical (unpaired) electrons. The normalized spacial score (nSPS) is 14.3. The fourth-order valence-electron chi connectivity index (χ4n) is 0.549. The quantitative estimate of drug-likeness (QED) is 0.579. The Hall–Kier alpha value is -0.220. The van der Waals surface area contributed by atoms with Gasteiger partial charge in [0.05, 0.1) is 0 Å². The standard InChI is InChI=1S/C6H13NO2S/c1-7-5(6(8)9)3-4-10-2/h5,7H,3-4H2,1-2H3,(H,8,9)/t5-/m0/s1/i1+1D. The van der Waals surface area contributed by atoms with E-state index in [-0.39, 0.29) is 7.02 Å². The Balaban J connectivity index is 3.60. The molecule has 0 spiro atoms. The predicted molar refractivity (Wildman–Crippen MR) is 43.5 cm³/mol. The van der Waals surface area contributed by atoms with Crippen molar-refractivity contribution in [2.45, 2.75) is 12.5 Å². The molecule has 0 bridgehead atoms. The van der Waals surface area contributed by atoms with Crippen LogP contribution in [0.1, 0.15) is 7.79 Å². The lowest BCUT2D eigenvalue weighted by molar-refractivity contribution is -0.139. The molecule has 0 heterocycles. The number of likely N-dealkylation sites (N-methyl/N-ethyl adjacent to an activating group) is 1. The van der Waals surface area contributed by atoms with Crippen molar-refractivity contribution < 1.29 is 11.3 Å². The van der Waals surface area contributed by atoms with Gasteiger partial charge in [-0.15, -0.1) is 0 Å². The highest BCUT2D eigenvalue weighted by atomic mass is 32.2. The van der Waals surface area contributed by atoms with Gasteiger partial charge in [-0.25, -0.2) is 0 Å². The molecule has 0 aliphatic carbocycles. The molecule has 3 nitrogen and oxygen atoms in total. The van der Waals surface area contributed by atoms with Gasteiger partial charge in [-0.05, 0) is 25.5 Å². The lowest BCUT2D eigenvalue weighted by atomic mass is 10.2. The van der Waals surface area contributed by atoms with E-state index >= 15 is 0 Å². The van der Waals surface area contributed by atoms with Gasteiger partial charge in [-0.3, -0.25) is 4.79 Å². The number of hydrogen-bond donors (Lipinski definition) is 2. The van der Waals surface area contributed by atoms with Crippen molar-refractivity contribution >= 4 is 17.7 Å². The molecule has 0 amide bonds. The van der Waals surface area contributed by atoms with Crippen molar-refractivity contribution in [1.82, 2.24) is 5.32 Å². The Morgan fingerprint density at radius 1 is 2.00 bits per heavy atom. The first-order valence-electron chi connectivity index (χ1n) is 3.67. The first kappa shape index (κ1) is 7.88. The third-order valence-corrected chi connectivity index (χ3v) is 1.80. The predicted octanol–water partition coefficient (Wildman–Crippen LogP) is 0.412. The monoisotopic (exact) mass is 165 g/mol. The smallest absolute Gasteiger partial charge is 0.320 e. The third kappa shape index (κ3) is 3.74. The molecule has 4 heteroatoms. The van der Waals surface area contributed by atoms with E-state index in [9.17, 15) is 4.79 Å². The highest BCUT2D eigenvalue weighted by molar-refractivity contribution is 7.98. The molecular weight excluding hydrogens is 151 g/mol. The number of aliphatic carboxylic acids is 1. The summed E-state index contributed by atoms with van der Waals surface area (Å²) in [6, 6.07) is -0.556. The average Bonchev–Trinajstić information content (AvgIpc) is 1.97. The summed E-state index contributed by atoms with van der Waals surface area (Å²) in [5.41, 5.74) is 0. The lowest BCUT2D eigenvalue weighted by Crippen LogP contribution is -2.34. The van der Waals surface area contributed by atoms with Gasteiger partial charge >= 0.3 is 5.97 Å². The third-order valence-electron chi connectivity index (χ3n) is 1.16. The van der Waals surface area contributed by atoms with Crippen LogP contribution in [0, 0.1) is 0 Å². The highest BCUT2D eigenvalue weighted by Gasteiger charge is 2.12. The summed E-state index contributed by atoms with van der Waals surface area (Å²) < 4.78 is 6.78. The number of hydrogen-bond acceptors (Lipinski definition) is 3. The molecule has 0 aromatic carbocycles. The van der Waals surface area contributed by atoms with Crippen molar-refractivity contribution in [3.05, 3.63) is 0 Å². The van der Waals surface area contributed by atoms with Crippen LogP contribution in [0.4, 0.5) is 0 Å². The summed E-state index contributed by atoms with van der Waals surface area (Å²) in [7, 11) is -0.0364. The second-order valence-electron chi connectivity index (χ2n) is 1.88. The minimum absolute atomic E-state index is 0.0364. The van der Waals surface area contributed by atoms with E-state index < -0.39 is 12.0 Å². The van der Waals surface area contributed by atoms with Gasteiger partial charge in [0.1, 0.15) is 6.04 Å². The van der Waals surface area contributed by atoms with Crippen LogP contribution in [-0.4, -0.2) is 36.2 Å². The fourth-order valence-corrected chi connectivity index (χ4v) is 1.02. The summed E-state index contributed by atoms with van der Waals surface area (Å²) >= 11 is 1.61. The van der Waals surface area contributed by atoms with E-state index in [1.165, 1.54) is 0 Å². The van der Waals surface area contributed by atoms with E-state index in [4.69, 9.17) is 6.48 Å². The Morgan fingerprint density at radius 3 is 3.10 bits per heavy atom. The molecule has 0 aromatic rings. The second kappa shape index (κ2) is 5.56. The van der Waals surface area contributed by atoms with Gasteiger partial charge in [0.2, 0.25) is 0 Å². The summed E-state index contributed by atoms with van der Waals surface area (Å²) in [6.07, 6.45) is 2.51. The van der Waals surface area contributed by atoms with Crippen LogP contribution in [0.15, 0.2) is 0 Å². The lowest BCUT2D eigenvalue weighted by Gasteiger charge is -2.08. The van der Waals surface area contributed by atoms with E-state index in [0.717, 1.165) is 5.75 Å². The summed E-state index contributed by atoms with van der Waals surface area (Å²) in [6.45, 7) is 0. The van der Waals surface area contributed by atoms with Gasteiger partial charge in [0.25, 0.3) is 0 Å². The molecule has 0 saturated carbocycles. The van der Waals surface area contributed by atoms with Crippen LogP contribution in [0.25, 0.3) is 0 Å². The Morgan fingerprint density at radius 2 is 2.70 bits per heavy atom. The van der Waals surface area contributed by atoms with Crippen LogP contribution in [0.2, 0.25) is 0 Å². The van der Waals surface area contributed by atoms with Crippen molar-refractivity contribution in [2.24, 2.45) is 0 Å². The molecule has 0 aliphatic rings. The second-order valence-corrected chi connectivity index (χ2v) is 2.86. The first-order chi connectivity index (χ1) is 5.22. The number of rotatable bonds is 5. The Labute approximate surface area is 66.6 Å². The molecule has 0 saturated heterocycles. The Kier molecular flexibility index (Phi) is 4.38. The molecule has 0 aliphatic heterocycles. The zero-order chi connectivity index (χ0) is 8.69. The minimum Gasteiger partial charge on any atom is -0.480 e. The van der Waals surface area contributed by atoms with Crippen molar-refractivity contribution in [2.75, 3.05) is 19.0 Å². The van der Waals surface area contributed by atoms with Crippen molar-refractivity contribution in [3.63, 3.8) is 0 Å². The largest absolute Gasteiger partial charge is 0.480 e. The van der Waals surface area contributed by atoms with Gasteiger partial charge in [-0.1, -0.05) is 0 Å². The zero-order valence-electron chi connectivity index (χ0n) is 6.96. The average molecular weight is 165 g/mol. The molecule has 0 rings (SSSR count). The van der Waals surface area contributed by atoms with Crippen LogP contribution >= 0.6 is 11.8 Å². The molecule has 0 aromatic heterocycles. The van der Waals surface area contributed by atoms with Crippen LogP contribution in [0.3, 0.4) is 0 Å². The van der Waals surface area contributed by atoms with E-state index in [2.05, 4.69) is 5.32 Å². The zero-order valence-corrected chi connectivity index (χ0v) is 6.78. The molecule has 10 heavy (non-hydrogen) atoms. The molecule has 0 unspecified atom stereocenters. The molecule has 2 N–H and O–H groups in total. The maximum atomic E-state index is 10.4. The maximum absolute atomic E-state index is 10.4. The Bertz CT molecular complexity index is 123. The van der Waals surface area contributed by atoms with E-state index in [1.807, 2.05) is 6.26 Å². The minimum atomic E-state index is -0.869. The number of carboxylic acids is 1. The van der Waals surface area contributed by atoms with E-state index in [1.54, 1.807) is 11.8 Å². The first-order valence-corrected chi connectivity index (χ1v) is 4.36. The van der Waals surface area contributed by atoms with Crippen LogP contribution in [-0.2, 0) is 4.79 Å². The van der Waals surface area contributed by atoms with Gasteiger partial charge in [0, 0.05) is 1.37 Å². The number of carbonyl (C=O) groups is 1. The molecule has 0 fully saturated rings. The highest BCUT2D eigenvalue weighted by Crippen LogP contribution is 1.99. The topological polar surface area (TPSA) is 49.3 Å². The summed E-state index contributed by atoms with van der Waals surface area (Å²) in [5, 5.41) is 11.1. The maximum Gasteiger partial charge on any atom is 0.320 e. The number of nitrogens with one attached hydrogen (secondary N) is 1. The SMILES string of the molecule is [2H][13CH2]N[C@@H](CCSC)C(=O)O. The number of carboxylic acid groups (broad SMARTS) is 1. The van der Waals surface area contributed by atoms with Gasteiger partial charge < -0.3 is 10.4 Å². The molecule has 60 valence electrons. The van der Waals surface area contributed by atoms with Crippen LogP contribution < -0.4 is 5.32 Å². The molecular formula is C6H13NO2S. The van der Waals surface area contributed by atoms with Gasteiger partial charge in [0.15, 0.2) is 0 Å². The summed E-state index contributed by atoms with van der Waals surface area (Å²) in [4.78, 5) is 10.4. The van der Waals surface area contributed by atoms with Crippen molar-refractivity contribution in [3.8, 4) is 0 Å². The van der Waals surface area contributed by atoms with Crippen LogP contribution in [0.5, 0.6) is 0 Å². The number of thioether (sulfide) groups is 1. The molecule has 1 atom stereocenters. The van der Waals surface area contributed by atoms with Crippen molar-refractivity contribution in [1.29, 1.82) is 0 Å². The van der Waals surface area contributed by atoms with E-state index in [0.29, 0.717) is 6.42 Å². The van der Waals surface area contributed by atoms with Gasteiger partial charge in [-0.2, -0.15) is 11.8 Å².